The van der Waals surface area contributed by atoms with E-state index in [1.165, 1.54) is 5.56 Å². The van der Waals surface area contributed by atoms with E-state index in [2.05, 4.69) is 32.4 Å². The van der Waals surface area contributed by atoms with Gasteiger partial charge in [-0.25, -0.2) is 0 Å². The van der Waals surface area contributed by atoms with Crippen LogP contribution in [0, 0.1) is 6.92 Å². The summed E-state index contributed by atoms with van der Waals surface area (Å²) in [5, 5.41) is 12.8. The molecule has 2 aromatic carbocycles. The number of furan rings is 1. The first-order chi connectivity index (χ1) is 15.8. The number of hydrogen-bond donors (Lipinski definition) is 0. The zero-order valence-electron chi connectivity index (χ0n) is 17.6. The lowest BCUT2D eigenvalue weighted by Gasteiger charge is -2.19. The van der Waals surface area contributed by atoms with Crippen LogP contribution in [-0.2, 0) is 19.6 Å². The minimum atomic E-state index is 0.398. The third-order valence-electron chi connectivity index (χ3n) is 5.16. The van der Waals surface area contributed by atoms with Crippen molar-refractivity contribution in [3.63, 3.8) is 0 Å². The number of benzene rings is 2. The van der Waals surface area contributed by atoms with Crippen LogP contribution in [0.1, 0.15) is 23.0 Å². The predicted octanol–water partition coefficient (Wildman–Crippen LogP) is 5.50. The van der Waals surface area contributed by atoms with Crippen LogP contribution in [0.3, 0.4) is 0 Å². The number of rotatable bonds is 8. The Balaban J connectivity index is 1.40. The highest BCUT2D eigenvalue weighted by Gasteiger charge is 2.22. The molecule has 160 valence electrons. The second-order valence-corrected chi connectivity index (χ2v) is 7.54. The van der Waals surface area contributed by atoms with E-state index in [4.69, 9.17) is 13.4 Å². The van der Waals surface area contributed by atoms with Crippen LogP contribution >= 0.6 is 0 Å². The average molecular weight is 426 g/mol. The lowest BCUT2D eigenvalue weighted by molar-refractivity contribution is 0.206. The lowest BCUT2D eigenvalue weighted by Crippen LogP contribution is -2.22. The number of aryl methyl sites for hydroxylation is 1. The number of aromatic nitrogens is 3. The fourth-order valence-corrected chi connectivity index (χ4v) is 3.66. The Kier molecular flexibility index (Phi) is 5.63. The second kappa shape index (κ2) is 9.03. The minimum absolute atomic E-state index is 0.398. The molecule has 0 unspecified atom stereocenters. The van der Waals surface area contributed by atoms with Crippen molar-refractivity contribution in [2.24, 2.45) is 0 Å². The van der Waals surface area contributed by atoms with Gasteiger partial charge in [0, 0.05) is 12.1 Å². The molecule has 5 aromatic rings. The summed E-state index contributed by atoms with van der Waals surface area (Å²) in [6.45, 7) is 3.67. The molecule has 0 aliphatic rings. The van der Waals surface area contributed by atoms with E-state index in [0.717, 1.165) is 23.4 Å². The van der Waals surface area contributed by atoms with Crippen molar-refractivity contribution in [1.82, 2.24) is 20.3 Å². The van der Waals surface area contributed by atoms with E-state index in [0.29, 0.717) is 36.3 Å². The van der Waals surface area contributed by atoms with Gasteiger partial charge in [-0.05, 0) is 24.6 Å². The van der Waals surface area contributed by atoms with Gasteiger partial charge in [0.1, 0.15) is 22.8 Å². The monoisotopic (exact) mass is 426 g/mol. The quantitative estimate of drug-likeness (QED) is 0.324. The topological polar surface area (TPSA) is 81.3 Å². The highest BCUT2D eigenvalue weighted by Crippen LogP contribution is 2.33. The van der Waals surface area contributed by atoms with Crippen LogP contribution in [0.2, 0.25) is 0 Å². The zero-order valence-corrected chi connectivity index (χ0v) is 17.6. The number of hydrogen-bond acceptors (Lipinski definition) is 7. The third kappa shape index (κ3) is 4.38. The van der Waals surface area contributed by atoms with E-state index in [-0.39, 0.29) is 0 Å². The molecule has 5 rings (SSSR count). The SMILES string of the molecule is Cc1onc(-c2ccccc2)c1-c1nnc(CN(Cc2ccccc2)Cc2ccco2)o1. The Morgan fingerprint density at radius 3 is 2.34 bits per heavy atom. The fraction of sp³-hybridized carbons (Fsp3) is 0.160. The van der Waals surface area contributed by atoms with Crippen LogP contribution < -0.4 is 0 Å². The first-order valence-corrected chi connectivity index (χ1v) is 10.4. The zero-order chi connectivity index (χ0) is 21.8. The Labute approximate surface area is 185 Å². The first-order valence-electron chi connectivity index (χ1n) is 10.4. The molecule has 0 saturated carbocycles. The average Bonchev–Trinajstić information content (AvgIpc) is 3.57. The van der Waals surface area contributed by atoms with Crippen molar-refractivity contribution in [3.8, 4) is 22.7 Å². The molecule has 0 radical (unpaired) electrons. The molecule has 3 heterocycles. The molecule has 7 nitrogen and oxygen atoms in total. The normalized spacial score (nSPS) is 11.3. The van der Waals surface area contributed by atoms with Gasteiger partial charge in [-0.2, -0.15) is 0 Å². The smallest absolute Gasteiger partial charge is 0.253 e. The van der Waals surface area contributed by atoms with Gasteiger partial charge in [-0.1, -0.05) is 65.8 Å². The maximum absolute atomic E-state index is 6.06. The molecule has 0 aliphatic heterocycles. The van der Waals surface area contributed by atoms with Gasteiger partial charge in [0.2, 0.25) is 5.89 Å². The molecule has 0 aliphatic carbocycles. The van der Waals surface area contributed by atoms with Crippen molar-refractivity contribution >= 4 is 0 Å². The number of nitrogens with zero attached hydrogens (tertiary/aromatic N) is 4. The van der Waals surface area contributed by atoms with Crippen LogP contribution in [0.25, 0.3) is 22.7 Å². The van der Waals surface area contributed by atoms with Gasteiger partial charge in [0.15, 0.2) is 0 Å². The molecule has 32 heavy (non-hydrogen) atoms. The molecule has 0 N–H and O–H groups in total. The molecule has 0 amide bonds. The summed E-state index contributed by atoms with van der Waals surface area (Å²) in [6, 6.07) is 23.9. The molecule has 7 heteroatoms. The van der Waals surface area contributed by atoms with E-state index in [9.17, 15) is 0 Å². The maximum atomic E-state index is 6.06. The Bertz CT molecular complexity index is 1260. The minimum Gasteiger partial charge on any atom is -0.468 e. The summed E-state index contributed by atoms with van der Waals surface area (Å²) in [5.41, 5.74) is 3.54. The van der Waals surface area contributed by atoms with Crippen LogP contribution in [0.5, 0.6) is 0 Å². The Morgan fingerprint density at radius 2 is 1.59 bits per heavy atom. The molecule has 0 spiro atoms. The molecule has 0 bridgehead atoms. The summed E-state index contributed by atoms with van der Waals surface area (Å²) in [6.07, 6.45) is 1.68. The van der Waals surface area contributed by atoms with Gasteiger partial charge in [0.25, 0.3) is 5.89 Å². The molecule has 0 fully saturated rings. The lowest BCUT2D eigenvalue weighted by atomic mass is 10.1. The predicted molar refractivity (Wildman–Crippen MR) is 118 cm³/mol. The van der Waals surface area contributed by atoms with Crippen molar-refractivity contribution in [2.45, 2.75) is 26.6 Å². The van der Waals surface area contributed by atoms with Crippen LogP contribution in [0.15, 0.2) is 92.4 Å². The van der Waals surface area contributed by atoms with Crippen LogP contribution in [0.4, 0.5) is 0 Å². The summed E-state index contributed by atoms with van der Waals surface area (Å²) in [5.74, 6) is 2.43. The van der Waals surface area contributed by atoms with Crippen molar-refractivity contribution in [1.29, 1.82) is 0 Å². The fourth-order valence-electron chi connectivity index (χ4n) is 3.66. The maximum Gasteiger partial charge on any atom is 0.253 e. The van der Waals surface area contributed by atoms with Gasteiger partial charge in [-0.3, -0.25) is 4.90 Å². The van der Waals surface area contributed by atoms with Gasteiger partial charge >= 0.3 is 0 Å². The molecule has 3 aromatic heterocycles. The van der Waals surface area contributed by atoms with Crippen LogP contribution in [-0.4, -0.2) is 20.3 Å². The van der Waals surface area contributed by atoms with Gasteiger partial charge in [-0.15, -0.1) is 10.2 Å². The van der Waals surface area contributed by atoms with E-state index in [1.807, 2.05) is 67.6 Å². The molecule has 0 atom stereocenters. The van der Waals surface area contributed by atoms with Gasteiger partial charge in [0.05, 0.1) is 19.4 Å². The first kappa shape index (κ1) is 20.0. The highest BCUT2D eigenvalue weighted by atomic mass is 16.5. The van der Waals surface area contributed by atoms with Crippen molar-refractivity contribution < 1.29 is 13.4 Å². The Hall–Kier alpha value is -3.97. The Morgan fingerprint density at radius 1 is 0.812 bits per heavy atom. The molecule has 0 saturated heterocycles. The van der Waals surface area contributed by atoms with Crippen molar-refractivity contribution in [3.05, 3.63) is 102 Å². The highest BCUT2D eigenvalue weighted by molar-refractivity contribution is 5.77. The van der Waals surface area contributed by atoms with Gasteiger partial charge < -0.3 is 13.4 Å². The third-order valence-corrected chi connectivity index (χ3v) is 5.16. The van der Waals surface area contributed by atoms with E-state index >= 15 is 0 Å². The standard InChI is InChI=1S/C25H22N4O3/c1-18-23(24(28-32-18)20-11-6-3-7-12-20)25-27-26-22(31-25)17-29(16-21-13-8-14-30-21)15-19-9-4-2-5-10-19/h2-14H,15-17H2,1H3. The van der Waals surface area contributed by atoms with E-state index in [1.54, 1.807) is 6.26 Å². The summed E-state index contributed by atoms with van der Waals surface area (Å²) in [7, 11) is 0. The molecular weight excluding hydrogens is 404 g/mol. The molecular formula is C25H22N4O3. The summed E-state index contributed by atoms with van der Waals surface area (Å²) in [4.78, 5) is 2.20. The largest absolute Gasteiger partial charge is 0.468 e. The van der Waals surface area contributed by atoms with Crippen molar-refractivity contribution in [2.75, 3.05) is 0 Å². The summed E-state index contributed by atoms with van der Waals surface area (Å²) < 4.78 is 17.1. The summed E-state index contributed by atoms with van der Waals surface area (Å²) >= 11 is 0. The second-order valence-electron chi connectivity index (χ2n) is 7.54. The van der Waals surface area contributed by atoms with E-state index < -0.39 is 0 Å².